The van der Waals surface area contributed by atoms with Gasteiger partial charge in [0.15, 0.2) is 5.78 Å². The summed E-state index contributed by atoms with van der Waals surface area (Å²) >= 11 is 6.14. The number of amides is 7. The van der Waals surface area contributed by atoms with E-state index in [0.29, 0.717) is 17.7 Å². The average molecular weight is 1010 g/mol. The van der Waals surface area contributed by atoms with Gasteiger partial charge in [0.1, 0.15) is 42.0 Å². The van der Waals surface area contributed by atoms with Gasteiger partial charge in [0.05, 0.1) is 29.9 Å². The van der Waals surface area contributed by atoms with E-state index in [0.717, 1.165) is 10.8 Å². The molecule has 4 rings (SSSR count). The lowest BCUT2D eigenvalue weighted by molar-refractivity contribution is -0.142. The van der Waals surface area contributed by atoms with Gasteiger partial charge in [-0.1, -0.05) is 80.3 Å². The van der Waals surface area contributed by atoms with Crippen molar-refractivity contribution in [2.24, 2.45) is 17.8 Å². The number of phenols is 1. The standard InChI is InChI=1S/C44H62ClN9O12S2/c1-7-22(4)37(24(6)55)53-41(63)31(13-26-16-46-20-47-26)49-42(64)33-19-68-67-18-23(5)44(66)54-17-27(56)14-34(54)43(65)51-30(12-25-8-9-35(57)28(45)11-25)39(61)50-32(15-36(58)59)40(62)48-29(10-21(2)3)38(60)52-33/h8-9,11,16,20-23,27,29-34,37,56-57H,7,10,12-15,17-19H2,1-6H3,(H,46,47)(H,48,62)(H,49,64)(H,50,61)(H,51,65)(H,52,60)(H,53,63)(H,58,59)/t22?,23-,27+,29-,30-,31-,32-,33-,34-,37-/m0/s1. The number of aromatic nitrogens is 2. The number of carboxylic acids is 1. The minimum Gasteiger partial charge on any atom is -0.506 e. The molecule has 2 fully saturated rings. The number of carbonyl (C=O) groups excluding carboxylic acids is 8. The van der Waals surface area contributed by atoms with Crippen molar-refractivity contribution in [1.29, 1.82) is 0 Å². The molecule has 2 aliphatic heterocycles. The quantitative estimate of drug-likeness (QED) is 0.109. The maximum absolute atomic E-state index is 14.3. The number of aromatic hydroxyl groups is 1. The normalized spacial score (nSPS) is 24.9. The molecule has 1 aromatic heterocycles. The zero-order valence-corrected chi connectivity index (χ0v) is 41.1. The van der Waals surface area contributed by atoms with Crippen molar-refractivity contribution >= 4 is 86.3 Å². The largest absolute Gasteiger partial charge is 0.506 e. The Morgan fingerprint density at radius 1 is 0.926 bits per heavy atom. The second-order valence-corrected chi connectivity index (χ2v) is 20.6. The number of hydrogen-bond acceptors (Lipinski definition) is 14. The molecular formula is C44H62ClN9O12S2. The number of phenolic OH excluding ortho intramolecular Hbond substituents is 1. The molecule has 24 heteroatoms. The lowest BCUT2D eigenvalue weighted by Gasteiger charge is -2.30. The predicted octanol–water partition coefficient (Wildman–Crippen LogP) is 0.612. The SMILES string of the molecule is CCC(C)[C@H](NC(=O)[C@H](Cc1cnc[nH]1)NC(=O)[C@@H]1CSSC[C@H](C)C(=O)N2C[C@H](O)C[C@H]2C(=O)N[C@@H](Cc2ccc(O)c(Cl)c2)C(=O)N[C@@H](CC(=O)O)C(=O)N[C@@H](CC(C)C)C(=O)N1)C(C)=O. The second-order valence-electron chi connectivity index (χ2n) is 17.7. The number of fused-ring (bicyclic) bond motifs is 1. The van der Waals surface area contributed by atoms with Crippen LogP contribution in [0.15, 0.2) is 30.7 Å². The molecule has 0 bridgehead atoms. The first kappa shape index (κ1) is 55.2. The molecule has 0 aliphatic carbocycles. The smallest absolute Gasteiger partial charge is 0.305 e. The highest BCUT2D eigenvalue weighted by atomic mass is 35.5. The third-order valence-corrected chi connectivity index (χ3v) is 14.4. The molecule has 1 aromatic carbocycles. The van der Waals surface area contributed by atoms with Crippen LogP contribution in [0.1, 0.15) is 78.5 Å². The molecule has 3 heterocycles. The van der Waals surface area contributed by atoms with Gasteiger partial charge in [-0.25, -0.2) is 4.98 Å². The van der Waals surface area contributed by atoms with Crippen LogP contribution in [0, 0.1) is 17.8 Å². The summed E-state index contributed by atoms with van der Waals surface area (Å²) in [5.41, 5.74) is 0.817. The van der Waals surface area contributed by atoms with E-state index >= 15 is 0 Å². The molecule has 68 heavy (non-hydrogen) atoms. The number of carbonyl (C=O) groups is 9. The fourth-order valence-corrected chi connectivity index (χ4v) is 10.3. The molecule has 7 amide bonds. The van der Waals surface area contributed by atoms with Crippen molar-refractivity contribution in [2.45, 2.75) is 128 Å². The molecule has 374 valence electrons. The number of aliphatic hydroxyl groups excluding tert-OH is 1. The number of ketones is 1. The lowest BCUT2D eigenvalue weighted by Crippen LogP contribution is -2.61. The Labute approximate surface area is 407 Å². The number of rotatable bonds is 15. The first-order valence-corrected chi connectivity index (χ1v) is 25.2. The van der Waals surface area contributed by atoms with Crippen LogP contribution in [0.5, 0.6) is 5.75 Å². The Bertz CT molecular complexity index is 2150. The maximum Gasteiger partial charge on any atom is 0.305 e. The topological polar surface area (TPSA) is 318 Å². The molecule has 0 radical (unpaired) electrons. The summed E-state index contributed by atoms with van der Waals surface area (Å²) in [7, 11) is 2.30. The number of Topliss-reactive ketones (excluding diaryl/α,β-unsaturated/α-hetero) is 1. The predicted molar refractivity (Wildman–Crippen MR) is 253 cm³/mol. The second kappa shape index (κ2) is 25.8. The number of aromatic amines is 1. The first-order valence-electron chi connectivity index (χ1n) is 22.3. The molecule has 21 nitrogen and oxygen atoms in total. The number of nitrogens with zero attached hydrogens (tertiary/aromatic N) is 2. The van der Waals surface area contributed by atoms with Gasteiger partial charge in [0, 0.05) is 55.1 Å². The number of nitrogens with one attached hydrogen (secondary N) is 7. The van der Waals surface area contributed by atoms with Crippen molar-refractivity contribution in [1.82, 2.24) is 46.8 Å². The van der Waals surface area contributed by atoms with Crippen LogP contribution in [0.3, 0.4) is 0 Å². The lowest BCUT2D eigenvalue weighted by atomic mass is 9.95. The number of imidazole rings is 1. The minimum absolute atomic E-state index is 0.0158. The summed E-state index contributed by atoms with van der Waals surface area (Å²) in [6.45, 7) is 9.95. The fourth-order valence-electron chi connectivity index (χ4n) is 7.64. The van der Waals surface area contributed by atoms with E-state index in [1.54, 1.807) is 27.7 Å². The van der Waals surface area contributed by atoms with Crippen molar-refractivity contribution in [2.75, 3.05) is 18.1 Å². The van der Waals surface area contributed by atoms with Crippen LogP contribution in [-0.2, 0) is 56.0 Å². The summed E-state index contributed by atoms with van der Waals surface area (Å²) in [6.07, 6.45) is 0.809. The zero-order chi connectivity index (χ0) is 50.4. The average Bonchev–Trinajstić information content (AvgIpc) is 3.94. The van der Waals surface area contributed by atoms with Crippen molar-refractivity contribution in [3.8, 4) is 5.75 Å². The molecule has 2 aliphatic rings. The molecule has 10 N–H and O–H groups in total. The molecular weight excluding hydrogens is 946 g/mol. The summed E-state index contributed by atoms with van der Waals surface area (Å²) in [5.74, 6) is -9.04. The Morgan fingerprint density at radius 3 is 2.19 bits per heavy atom. The highest BCUT2D eigenvalue weighted by molar-refractivity contribution is 8.76. The molecule has 0 saturated carbocycles. The van der Waals surface area contributed by atoms with Crippen LogP contribution in [0.4, 0.5) is 0 Å². The van der Waals surface area contributed by atoms with Crippen LogP contribution in [0.2, 0.25) is 5.02 Å². The highest BCUT2D eigenvalue weighted by Gasteiger charge is 2.42. The summed E-state index contributed by atoms with van der Waals surface area (Å²) in [5, 5.41) is 46.2. The molecule has 10 atom stereocenters. The zero-order valence-electron chi connectivity index (χ0n) is 38.7. The number of hydrogen-bond donors (Lipinski definition) is 10. The minimum atomic E-state index is -1.81. The van der Waals surface area contributed by atoms with Gasteiger partial charge in [-0.15, -0.1) is 0 Å². The van der Waals surface area contributed by atoms with Crippen LogP contribution >= 0.6 is 33.2 Å². The van der Waals surface area contributed by atoms with Crippen LogP contribution in [0.25, 0.3) is 0 Å². The number of benzene rings is 1. The van der Waals surface area contributed by atoms with Gasteiger partial charge in [0.2, 0.25) is 41.4 Å². The van der Waals surface area contributed by atoms with E-state index in [1.165, 1.54) is 53.3 Å². The van der Waals surface area contributed by atoms with E-state index in [9.17, 15) is 58.5 Å². The van der Waals surface area contributed by atoms with Gasteiger partial charge >= 0.3 is 5.97 Å². The Hall–Kier alpha value is -5.39. The number of aliphatic carboxylic acids is 1. The van der Waals surface area contributed by atoms with Crippen molar-refractivity contribution < 1.29 is 58.5 Å². The van der Waals surface area contributed by atoms with Gasteiger partial charge < -0.3 is 57.1 Å². The molecule has 2 saturated heterocycles. The van der Waals surface area contributed by atoms with E-state index in [4.69, 9.17) is 11.6 Å². The molecule has 0 spiro atoms. The molecule has 1 unspecified atom stereocenters. The monoisotopic (exact) mass is 1010 g/mol. The van der Waals surface area contributed by atoms with Crippen molar-refractivity contribution in [3.05, 3.63) is 47.0 Å². The highest BCUT2D eigenvalue weighted by Crippen LogP contribution is 2.29. The number of aliphatic hydroxyl groups is 1. The summed E-state index contributed by atoms with van der Waals surface area (Å²) in [4.78, 5) is 131. The third kappa shape index (κ3) is 16.1. The van der Waals surface area contributed by atoms with E-state index in [2.05, 4.69) is 41.9 Å². The van der Waals surface area contributed by atoms with E-state index < -0.39 is 108 Å². The Balaban J connectivity index is 1.73. The third-order valence-electron chi connectivity index (χ3n) is 11.6. The maximum atomic E-state index is 14.3. The first-order chi connectivity index (χ1) is 32.1. The van der Waals surface area contributed by atoms with Crippen LogP contribution in [-0.4, -0.2) is 150 Å². The number of carboxylic acid groups (broad SMARTS) is 1. The summed E-state index contributed by atoms with van der Waals surface area (Å²) < 4.78 is 0. The fraction of sp³-hybridized carbons (Fsp3) is 0.591. The van der Waals surface area contributed by atoms with Gasteiger partial charge in [-0.05, 0) is 42.9 Å². The summed E-state index contributed by atoms with van der Waals surface area (Å²) in [6, 6.07) is -5.44. The number of H-pyrrole nitrogens is 1. The van der Waals surface area contributed by atoms with E-state index in [-0.39, 0.29) is 72.1 Å². The van der Waals surface area contributed by atoms with Crippen molar-refractivity contribution in [3.63, 3.8) is 0 Å². The van der Waals surface area contributed by atoms with Gasteiger partial charge in [-0.3, -0.25) is 43.2 Å². The Morgan fingerprint density at radius 2 is 1.57 bits per heavy atom. The molecule has 2 aromatic rings. The number of halogens is 1. The Kier molecular flexibility index (Phi) is 21.0. The van der Waals surface area contributed by atoms with E-state index in [1.807, 2.05) is 6.92 Å². The van der Waals surface area contributed by atoms with Gasteiger partial charge in [-0.2, -0.15) is 0 Å². The van der Waals surface area contributed by atoms with Gasteiger partial charge in [0.25, 0.3) is 0 Å². The van der Waals surface area contributed by atoms with Crippen LogP contribution < -0.4 is 31.9 Å².